The molecule has 0 radical (unpaired) electrons. The molecule has 0 atom stereocenters. The summed E-state index contributed by atoms with van der Waals surface area (Å²) in [6, 6.07) is 6.12. The molecule has 0 amide bonds. The summed E-state index contributed by atoms with van der Waals surface area (Å²) >= 11 is 3.54. The zero-order chi connectivity index (χ0) is 12.4. The second kappa shape index (κ2) is 5.08. The number of hydrogen-bond donors (Lipinski definition) is 0. The molecule has 1 aliphatic rings. The van der Waals surface area contributed by atoms with Gasteiger partial charge < -0.3 is 9.64 Å². The van der Waals surface area contributed by atoms with Crippen LogP contribution in [0, 0.1) is 0 Å². The summed E-state index contributed by atoms with van der Waals surface area (Å²) in [4.78, 5) is 6.67. The summed E-state index contributed by atoms with van der Waals surface area (Å²) in [6.45, 7) is 5.93. The molecular weight excluding hydrogens is 280 g/mol. The number of rotatable bonds is 3. The Morgan fingerprint density at radius 1 is 1.41 bits per heavy atom. The molecule has 0 N–H and O–H groups in total. The van der Waals surface area contributed by atoms with Crippen molar-refractivity contribution in [1.82, 2.24) is 4.90 Å². The Morgan fingerprint density at radius 2 is 2.18 bits per heavy atom. The lowest BCUT2D eigenvalue weighted by Crippen LogP contribution is -2.23. The molecule has 17 heavy (non-hydrogen) atoms. The first-order valence-corrected chi connectivity index (χ1v) is 6.59. The van der Waals surface area contributed by atoms with Gasteiger partial charge in [-0.05, 0) is 48.0 Å². The summed E-state index contributed by atoms with van der Waals surface area (Å²) in [5.74, 6) is 1.94. The minimum atomic E-state index is 0.184. The average Bonchev–Trinajstić information content (AvgIpc) is 2.67. The van der Waals surface area contributed by atoms with Gasteiger partial charge in [0, 0.05) is 19.2 Å². The molecule has 1 aliphatic heterocycles. The van der Waals surface area contributed by atoms with E-state index >= 15 is 0 Å². The standard InChI is InChI=1S/C13H17BrN2O/c1-9(2)17-12-5-4-10(8-11(12)14)13-15-6-7-16(13)3/h4-5,8-9H,6-7H2,1-3H3. The fraction of sp³-hybridized carbons (Fsp3) is 0.462. The quantitative estimate of drug-likeness (QED) is 0.857. The Balaban J connectivity index is 2.25. The number of amidine groups is 1. The highest BCUT2D eigenvalue weighted by Crippen LogP contribution is 2.27. The Labute approximate surface area is 111 Å². The van der Waals surface area contributed by atoms with Crippen LogP contribution in [0.25, 0.3) is 0 Å². The third kappa shape index (κ3) is 2.80. The van der Waals surface area contributed by atoms with E-state index in [9.17, 15) is 0 Å². The third-order valence-electron chi connectivity index (χ3n) is 2.61. The van der Waals surface area contributed by atoms with Crippen LogP contribution >= 0.6 is 15.9 Å². The number of hydrogen-bond acceptors (Lipinski definition) is 3. The van der Waals surface area contributed by atoms with Gasteiger partial charge in [-0.3, -0.25) is 4.99 Å². The van der Waals surface area contributed by atoms with Gasteiger partial charge in [0.2, 0.25) is 0 Å². The van der Waals surface area contributed by atoms with Gasteiger partial charge in [0.05, 0.1) is 17.1 Å². The van der Waals surface area contributed by atoms with E-state index in [-0.39, 0.29) is 6.10 Å². The summed E-state index contributed by atoms with van der Waals surface area (Å²) < 4.78 is 6.67. The van der Waals surface area contributed by atoms with Gasteiger partial charge in [0.15, 0.2) is 0 Å². The first-order valence-electron chi connectivity index (χ1n) is 5.80. The van der Waals surface area contributed by atoms with E-state index < -0.39 is 0 Å². The number of ether oxygens (including phenoxy) is 1. The molecule has 0 aliphatic carbocycles. The van der Waals surface area contributed by atoms with Crippen LogP contribution in [0.4, 0.5) is 0 Å². The summed E-state index contributed by atoms with van der Waals surface area (Å²) in [7, 11) is 2.07. The second-order valence-corrected chi connectivity index (χ2v) is 5.29. The fourth-order valence-electron chi connectivity index (χ4n) is 1.83. The maximum Gasteiger partial charge on any atom is 0.133 e. The van der Waals surface area contributed by atoms with E-state index in [1.807, 2.05) is 19.9 Å². The molecule has 0 saturated heterocycles. The number of aliphatic imine (C=N–C) groups is 1. The molecule has 1 aromatic rings. The van der Waals surface area contributed by atoms with Crippen LogP contribution in [0.15, 0.2) is 27.7 Å². The van der Waals surface area contributed by atoms with Crippen molar-refractivity contribution in [3.05, 3.63) is 28.2 Å². The number of likely N-dealkylation sites (N-methyl/N-ethyl adjacent to an activating group) is 1. The second-order valence-electron chi connectivity index (χ2n) is 4.44. The van der Waals surface area contributed by atoms with E-state index in [1.165, 1.54) is 0 Å². The van der Waals surface area contributed by atoms with Crippen molar-refractivity contribution < 1.29 is 4.74 Å². The predicted octanol–water partition coefficient (Wildman–Crippen LogP) is 2.93. The Morgan fingerprint density at radius 3 is 2.71 bits per heavy atom. The topological polar surface area (TPSA) is 24.8 Å². The van der Waals surface area contributed by atoms with Crippen molar-refractivity contribution in [2.24, 2.45) is 4.99 Å². The highest BCUT2D eigenvalue weighted by molar-refractivity contribution is 9.10. The maximum atomic E-state index is 5.69. The van der Waals surface area contributed by atoms with E-state index in [4.69, 9.17) is 4.74 Å². The maximum absolute atomic E-state index is 5.69. The van der Waals surface area contributed by atoms with E-state index in [2.05, 4.69) is 45.0 Å². The molecule has 0 aromatic heterocycles. The largest absolute Gasteiger partial charge is 0.490 e. The SMILES string of the molecule is CC(C)Oc1ccc(C2=NCCN2C)cc1Br. The lowest BCUT2D eigenvalue weighted by Gasteiger charge is -2.16. The predicted molar refractivity (Wildman–Crippen MR) is 73.9 cm³/mol. The lowest BCUT2D eigenvalue weighted by atomic mass is 10.2. The fourth-order valence-corrected chi connectivity index (χ4v) is 2.31. The molecule has 92 valence electrons. The van der Waals surface area contributed by atoms with Crippen molar-refractivity contribution >= 4 is 21.8 Å². The number of halogens is 1. The number of benzene rings is 1. The summed E-state index contributed by atoms with van der Waals surface area (Å²) in [6.07, 6.45) is 0.184. The normalized spacial score (nSPS) is 15.4. The Hall–Kier alpha value is -1.03. The van der Waals surface area contributed by atoms with Gasteiger partial charge in [-0.15, -0.1) is 0 Å². The Bertz CT molecular complexity index is 443. The molecule has 4 heteroatoms. The van der Waals surface area contributed by atoms with Gasteiger partial charge in [0.25, 0.3) is 0 Å². The van der Waals surface area contributed by atoms with Crippen LogP contribution < -0.4 is 4.74 Å². The third-order valence-corrected chi connectivity index (χ3v) is 3.23. The zero-order valence-electron chi connectivity index (χ0n) is 10.4. The first kappa shape index (κ1) is 12.4. The molecule has 0 bridgehead atoms. The van der Waals surface area contributed by atoms with Crippen LogP contribution in [0.3, 0.4) is 0 Å². The van der Waals surface area contributed by atoms with Crippen LogP contribution in [0.5, 0.6) is 5.75 Å². The molecule has 3 nitrogen and oxygen atoms in total. The smallest absolute Gasteiger partial charge is 0.133 e. The molecule has 2 rings (SSSR count). The van der Waals surface area contributed by atoms with E-state index in [0.29, 0.717) is 0 Å². The summed E-state index contributed by atoms with van der Waals surface area (Å²) in [5, 5.41) is 0. The molecule has 0 spiro atoms. The van der Waals surface area contributed by atoms with Crippen molar-refractivity contribution in [2.45, 2.75) is 20.0 Å². The lowest BCUT2D eigenvalue weighted by molar-refractivity contribution is 0.241. The molecule has 1 aromatic carbocycles. The van der Waals surface area contributed by atoms with Crippen molar-refractivity contribution in [3.8, 4) is 5.75 Å². The minimum absolute atomic E-state index is 0.184. The number of nitrogens with zero attached hydrogens (tertiary/aromatic N) is 2. The molecule has 0 unspecified atom stereocenters. The molecular formula is C13H17BrN2O. The van der Waals surface area contributed by atoms with Crippen LogP contribution in [-0.4, -0.2) is 37.0 Å². The van der Waals surface area contributed by atoms with Crippen molar-refractivity contribution in [3.63, 3.8) is 0 Å². The zero-order valence-corrected chi connectivity index (χ0v) is 12.0. The van der Waals surface area contributed by atoms with E-state index in [0.717, 1.165) is 34.7 Å². The van der Waals surface area contributed by atoms with E-state index in [1.54, 1.807) is 0 Å². The monoisotopic (exact) mass is 296 g/mol. The summed E-state index contributed by atoms with van der Waals surface area (Å²) in [5.41, 5.74) is 1.13. The molecule has 0 fully saturated rings. The van der Waals surface area contributed by atoms with Gasteiger partial charge in [-0.2, -0.15) is 0 Å². The van der Waals surface area contributed by atoms with Gasteiger partial charge in [-0.1, -0.05) is 0 Å². The van der Waals surface area contributed by atoms with Crippen LogP contribution in [-0.2, 0) is 0 Å². The average molecular weight is 297 g/mol. The minimum Gasteiger partial charge on any atom is -0.490 e. The van der Waals surface area contributed by atoms with Gasteiger partial charge in [0.1, 0.15) is 11.6 Å². The van der Waals surface area contributed by atoms with Crippen molar-refractivity contribution in [1.29, 1.82) is 0 Å². The van der Waals surface area contributed by atoms with Crippen LogP contribution in [0.2, 0.25) is 0 Å². The Kier molecular flexibility index (Phi) is 3.72. The van der Waals surface area contributed by atoms with Crippen molar-refractivity contribution in [2.75, 3.05) is 20.1 Å². The van der Waals surface area contributed by atoms with Gasteiger partial charge in [-0.25, -0.2) is 0 Å². The first-order chi connectivity index (χ1) is 8.08. The van der Waals surface area contributed by atoms with Gasteiger partial charge >= 0.3 is 0 Å². The van der Waals surface area contributed by atoms with Crippen LogP contribution in [0.1, 0.15) is 19.4 Å². The highest BCUT2D eigenvalue weighted by atomic mass is 79.9. The molecule has 0 saturated carbocycles. The highest BCUT2D eigenvalue weighted by Gasteiger charge is 2.15. The molecule has 1 heterocycles.